The molecule has 7 rings (SSSR count). The maximum atomic E-state index is 12.3. The Kier molecular flexibility index (Phi) is 5.17. The number of ether oxygens (including phenoxy) is 4. The SMILES string of the molecule is O=C1OCOCc2cc(-c3cc(-c4ccc5c(c4)C(=O)OC5)cc(-c4ccc5c(c4)C(=O)OC5=O)c3)ccc21. The Hall–Kier alpha value is -5.08. The van der Waals surface area contributed by atoms with Crippen molar-refractivity contribution in [2.75, 3.05) is 6.79 Å². The Morgan fingerprint density at radius 1 is 0.436 bits per heavy atom. The van der Waals surface area contributed by atoms with Crippen molar-refractivity contribution >= 4 is 23.9 Å². The molecule has 8 heteroatoms. The fourth-order valence-electron chi connectivity index (χ4n) is 5.10. The van der Waals surface area contributed by atoms with Gasteiger partial charge in [0.05, 0.1) is 28.9 Å². The van der Waals surface area contributed by atoms with Crippen LogP contribution in [0.15, 0.2) is 72.8 Å². The van der Waals surface area contributed by atoms with Crippen LogP contribution in [0.3, 0.4) is 0 Å². The largest absolute Gasteiger partial charge is 0.457 e. The normalized spacial score (nSPS) is 15.6. The van der Waals surface area contributed by atoms with Crippen molar-refractivity contribution < 1.29 is 38.1 Å². The highest BCUT2D eigenvalue weighted by molar-refractivity contribution is 6.15. The van der Waals surface area contributed by atoms with E-state index in [1.807, 2.05) is 48.5 Å². The van der Waals surface area contributed by atoms with Crippen molar-refractivity contribution in [3.8, 4) is 33.4 Å². The van der Waals surface area contributed by atoms with E-state index in [0.717, 1.165) is 33.4 Å². The minimum absolute atomic E-state index is 0.105. The molecule has 3 aliphatic rings. The second-order valence-electron chi connectivity index (χ2n) is 9.45. The Bertz CT molecular complexity index is 1770. The van der Waals surface area contributed by atoms with Crippen LogP contribution in [0.4, 0.5) is 0 Å². The van der Waals surface area contributed by atoms with E-state index >= 15 is 0 Å². The quantitative estimate of drug-likeness (QED) is 0.204. The summed E-state index contributed by atoms with van der Waals surface area (Å²) < 4.78 is 20.4. The summed E-state index contributed by atoms with van der Waals surface area (Å²) in [5.41, 5.74) is 7.78. The van der Waals surface area contributed by atoms with E-state index < -0.39 is 17.9 Å². The third-order valence-electron chi connectivity index (χ3n) is 7.12. The second-order valence-corrected chi connectivity index (χ2v) is 9.45. The standard InChI is InChI=1S/C31H18O8/c32-28-24-5-3-16(7-23(24)13-36-15-38-28)20-8-21(17-1-2-19-14-37-29(33)26(19)11-17)10-22(9-20)18-4-6-25-27(12-18)31(35)39-30(25)34/h1-12H,13-15H2. The van der Waals surface area contributed by atoms with Gasteiger partial charge in [0, 0.05) is 5.56 Å². The van der Waals surface area contributed by atoms with Gasteiger partial charge in [0.1, 0.15) is 6.61 Å². The van der Waals surface area contributed by atoms with Crippen LogP contribution in [0, 0.1) is 0 Å². The number of hydrogen-bond acceptors (Lipinski definition) is 8. The number of fused-ring (bicyclic) bond motifs is 3. The van der Waals surface area contributed by atoms with Gasteiger partial charge in [0.15, 0.2) is 6.79 Å². The molecule has 0 atom stereocenters. The maximum absolute atomic E-state index is 12.3. The van der Waals surface area contributed by atoms with Gasteiger partial charge >= 0.3 is 23.9 Å². The van der Waals surface area contributed by atoms with Crippen LogP contribution in [-0.4, -0.2) is 30.7 Å². The smallest absolute Gasteiger partial charge is 0.346 e. The fourth-order valence-corrected chi connectivity index (χ4v) is 5.10. The van der Waals surface area contributed by atoms with E-state index in [1.165, 1.54) is 0 Å². The summed E-state index contributed by atoms with van der Waals surface area (Å²) >= 11 is 0. The highest BCUT2D eigenvalue weighted by Crippen LogP contribution is 2.36. The average molecular weight is 518 g/mol. The Morgan fingerprint density at radius 3 is 1.77 bits per heavy atom. The highest BCUT2D eigenvalue weighted by atomic mass is 16.7. The summed E-state index contributed by atoms with van der Waals surface area (Å²) in [6, 6.07) is 22.0. The molecule has 0 unspecified atom stereocenters. The first-order valence-electron chi connectivity index (χ1n) is 12.2. The van der Waals surface area contributed by atoms with Crippen LogP contribution >= 0.6 is 0 Å². The molecule has 0 saturated heterocycles. The number of carbonyl (C=O) groups excluding carboxylic acids is 4. The predicted octanol–water partition coefficient (Wildman–Crippen LogP) is 5.31. The third kappa shape index (κ3) is 3.89. The van der Waals surface area contributed by atoms with Crippen LogP contribution in [0.1, 0.15) is 52.6 Å². The van der Waals surface area contributed by atoms with Gasteiger partial charge in [-0.3, -0.25) is 0 Å². The molecule has 0 amide bonds. The molecule has 8 nitrogen and oxygen atoms in total. The maximum Gasteiger partial charge on any atom is 0.346 e. The second kappa shape index (κ2) is 8.75. The van der Waals surface area contributed by atoms with E-state index in [0.29, 0.717) is 22.3 Å². The number of esters is 4. The monoisotopic (exact) mass is 518 g/mol. The summed E-state index contributed by atoms with van der Waals surface area (Å²) in [7, 11) is 0. The zero-order valence-electron chi connectivity index (χ0n) is 20.3. The molecule has 0 aromatic heterocycles. The molecule has 3 heterocycles. The van der Waals surface area contributed by atoms with Crippen LogP contribution in [0.2, 0.25) is 0 Å². The highest BCUT2D eigenvalue weighted by Gasteiger charge is 2.30. The van der Waals surface area contributed by atoms with Gasteiger partial charge in [-0.2, -0.15) is 0 Å². The van der Waals surface area contributed by atoms with E-state index in [2.05, 4.69) is 0 Å². The summed E-state index contributed by atoms with van der Waals surface area (Å²) in [6.07, 6.45) is 0. The molecule has 0 saturated carbocycles. The molecule has 4 aromatic rings. The van der Waals surface area contributed by atoms with Crippen LogP contribution in [-0.2, 0) is 32.2 Å². The molecule has 0 bridgehead atoms. The number of rotatable bonds is 3. The molecule has 3 aliphatic heterocycles. The van der Waals surface area contributed by atoms with Gasteiger partial charge in [-0.1, -0.05) is 24.3 Å². The van der Waals surface area contributed by atoms with Crippen LogP contribution in [0.25, 0.3) is 33.4 Å². The molecule has 190 valence electrons. The first-order chi connectivity index (χ1) is 18.9. The fraction of sp³-hybridized carbons (Fsp3) is 0.0968. The average Bonchev–Trinajstić information content (AvgIpc) is 3.40. The molecule has 0 N–H and O–H groups in total. The molecule has 0 fully saturated rings. The number of cyclic esters (lactones) is 4. The van der Waals surface area contributed by atoms with Gasteiger partial charge in [-0.25, -0.2) is 19.2 Å². The summed E-state index contributed by atoms with van der Waals surface area (Å²) in [6.45, 7) is 0.380. The minimum Gasteiger partial charge on any atom is -0.457 e. The summed E-state index contributed by atoms with van der Waals surface area (Å²) in [5, 5.41) is 0. The van der Waals surface area contributed by atoms with Crippen molar-refractivity contribution in [1.82, 2.24) is 0 Å². The van der Waals surface area contributed by atoms with Crippen molar-refractivity contribution in [3.63, 3.8) is 0 Å². The zero-order chi connectivity index (χ0) is 26.7. The molecule has 0 radical (unpaired) electrons. The lowest BCUT2D eigenvalue weighted by molar-refractivity contribution is -0.0314. The van der Waals surface area contributed by atoms with Gasteiger partial charge < -0.3 is 18.9 Å². The Labute approximate surface area is 221 Å². The van der Waals surface area contributed by atoms with Gasteiger partial charge in [-0.05, 0) is 87.5 Å². The Morgan fingerprint density at radius 2 is 1.03 bits per heavy atom. The van der Waals surface area contributed by atoms with E-state index in [9.17, 15) is 19.2 Å². The van der Waals surface area contributed by atoms with Crippen molar-refractivity contribution in [2.24, 2.45) is 0 Å². The summed E-state index contributed by atoms with van der Waals surface area (Å²) in [4.78, 5) is 48.7. The molecule has 39 heavy (non-hydrogen) atoms. The molecule has 4 aromatic carbocycles. The number of benzene rings is 4. The minimum atomic E-state index is -0.678. The zero-order valence-corrected chi connectivity index (χ0v) is 20.3. The van der Waals surface area contributed by atoms with Gasteiger partial charge in [0.2, 0.25) is 0 Å². The van der Waals surface area contributed by atoms with E-state index in [-0.39, 0.29) is 37.1 Å². The third-order valence-corrected chi connectivity index (χ3v) is 7.12. The Balaban J connectivity index is 1.40. The molecule has 0 spiro atoms. The lowest BCUT2D eigenvalue weighted by atomic mass is 9.90. The van der Waals surface area contributed by atoms with Crippen LogP contribution < -0.4 is 0 Å². The predicted molar refractivity (Wildman–Crippen MR) is 137 cm³/mol. The topological polar surface area (TPSA) is 105 Å². The number of carbonyl (C=O) groups is 4. The molecular formula is C31H18O8. The van der Waals surface area contributed by atoms with Crippen LogP contribution in [0.5, 0.6) is 0 Å². The first kappa shape index (κ1) is 23.1. The summed E-state index contributed by atoms with van der Waals surface area (Å²) in [5.74, 6) is -2.13. The van der Waals surface area contributed by atoms with Crippen molar-refractivity contribution in [3.05, 3.63) is 106 Å². The van der Waals surface area contributed by atoms with Gasteiger partial charge in [0.25, 0.3) is 0 Å². The lowest BCUT2D eigenvalue weighted by Crippen LogP contribution is -2.04. The van der Waals surface area contributed by atoms with Crippen molar-refractivity contribution in [2.45, 2.75) is 13.2 Å². The molecule has 0 aliphatic carbocycles. The first-order valence-corrected chi connectivity index (χ1v) is 12.2. The van der Waals surface area contributed by atoms with Gasteiger partial charge in [-0.15, -0.1) is 0 Å². The lowest BCUT2D eigenvalue weighted by Gasteiger charge is -2.13. The van der Waals surface area contributed by atoms with E-state index in [1.54, 1.807) is 24.3 Å². The van der Waals surface area contributed by atoms with E-state index in [4.69, 9.17) is 18.9 Å². The number of hydrogen-bond donors (Lipinski definition) is 0. The molecular weight excluding hydrogens is 500 g/mol. The van der Waals surface area contributed by atoms with Crippen molar-refractivity contribution in [1.29, 1.82) is 0 Å².